The Balaban J connectivity index is 2.99. The van der Waals surface area contributed by atoms with Crippen LogP contribution in [0.1, 0.15) is 12.6 Å². The topological polar surface area (TPSA) is 48.9 Å². The van der Waals surface area contributed by atoms with Crippen molar-refractivity contribution in [3.63, 3.8) is 0 Å². The minimum Gasteiger partial charge on any atom is -0.372 e. The maximum absolute atomic E-state index is 9.38. The number of nitrogens with one attached hydrogen (secondary N) is 1. The van der Waals surface area contributed by atoms with Gasteiger partial charge in [-0.2, -0.15) is 0 Å². The second kappa shape index (κ2) is 2.16. The van der Waals surface area contributed by atoms with E-state index in [1.54, 1.807) is 0 Å². The van der Waals surface area contributed by atoms with Gasteiger partial charge in [-0.05, 0) is 6.92 Å². The third-order valence-electron chi connectivity index (χ3n) is 1.30. The number of nitrogens with zero attached hydrogens (tertiary/aromatic N) is 1. The molecule has 1 atom stereocenters. The Kier molecular flexibility index (Phi) is 1.48. The molecule has 1 aromatic heterocycles. The fourth-order valence-corrected chi connectivity index (χ4v) is 0.600. The maximum atomic E-state index is 9.38. The van der Waals surface area contributed by atoms with Crippen LogP contribution >= 0.6 is 0 Å². The Morgan fingerprint density at radius 1 is 1.90 bits per heavy atom. The van der Waals surface area contributed by atoms with E-state index in [4.69, 9.17) is 6.42 Å². The molecule has 10 heavy (non-hydrogen) atoms. The molecular weight excluding hydrogens is 128 g/mol. The van der Waals surface area contributed by atoms with Gasteiger partial charge in [0.2, 0.25) is 0 Å². The van der Waals surface area contributed by atoms with Gasteiger partial charge in [-0.15, -0.1) is 6.42 Å². The second-order valence-electron chi connectivity index (χ2n) is 2.18. The van der Waals surface area contributed by atoms with Crippen LogP contribution in [0.5, 0.6) is 0 Å². The number of aliphatic hydroxyl groups is 1. The minimum absolute atomic E-state index is 0.537. The number of aromatic nitrogens is 2. The minimum atomic E-state index is -1.23. The lowest BCUT2D eigenvalue weighted by atomic mass is 10.1. The first-order valence-corrected chi connectivity index (χ1v) is 2.86. The van der Waals surface area contributed by atoms with Crippen LogP contribution in [-0.4, -0.2) is 15.1 Å². The molecule has 3 heteroatoms. The Hall–Kier alpha value is -1.27. The summed E-state index contributed by atoms with van der Waals surface area (Å²) in [6.07, 6.45) is 8.02. The molecule has 0 bridgehead atoms. The molecule has 2 N–H and O–H groups in total. The fraction of sp³-hybridized carbons (Fsp3) is 0.286. The van der Waals surface area contributed by atoms with Crippen LogP contribution in [0, 0.1) is 12.3 Å². The highest BCUT2D eigenvalue weighted by Gasteiger charge is 2.20. The molecular formula is C7H8N2O. The van der Waals surface area contributed by atoms with Crippen LogP contribution in [0.3, 0.4) is 0 Å². The number of terminal acetylenes is 1. The van der Waals surface area contributed by atoms with Crippen molar-refractivity contribution in [1.82, 2.24) is 9.97 Å². The third kappa shape index (κ3) is 1.02. The molecule has 0 aliphatic carbocycles. The molecule has 3 nitrogen and oxygen atoms in total. The van der Waals surface area contributed by atoms with E-state index in [-0.39, 0.29) is 0 Å². The number of hydrogen-bond donors (Lipinski definition) is 2. The predicted molar refractivity (Wildman–Crippen MR) is 37.0 cm³/mol. The first kappa shape index (κ1) is 6.84. The molecule has 1 heterocycles. The largest absolute Gasteiger partial charge is 0.372 e. The van der Waals surface area contributed by atoms with Crippen LogP contribution in [0.15, 0.2) is 12.5 Å². The number of rotatable bonds is 1. The maximum Gasteiger partial charge on any atom is 0.163 e. The van der Waals surface area contributed by atoms with Crippen molar-refractivity contribution in [3.8, 4) is 12.3 Å². The van der Waals surface area contributed by atoms with Crippen LogP contribution in [-0.2, 0) is 5.60 Å². The summed E-state index contributed by atoms with van der Waals surface area (Å²) < 4.78 is 0. The van der Waals surface area contributed by atoms with Crippen molar-refractivity contribution in [2.24, 2.45) is 0 Å². The molecule has 1 aromatic rings. The molecule has 0 saturated carbocycles. The quantitative estimate of drug-likeness (QED) is 0.544. The van der Waals surface area contributed by atoms with E-state index in [0.717, 1.165) is 0 Å². The second-order valence-corrected chi connectivity index (χ2v) is 2.18. The van der Waals surface area contributed by atoms with Crippen LogP contribution in [0.2, 0.25) is 0 Å². The van der Waals surface area contributed by atoms with Crippen LogP contribution in [0.25, 0.3) is 0 Å². The van der Waals surface area contributed by atoms with Gasteiger partial charge in [-0.25, -0.2) is 4.98 Å². The van der Waals surface area contributed by atoms with Gasteiger partial charge in [0, 0.05) is 0 Å². The molecule has 0 aromatic carbocycles. The zero-order valence-electron chi connectivity index (χ0n) is 5.63. The lowest BCUT2D eigenvalue weighted by Crippen LogP contribution is -2.18. The van der Waals surface area contributed by atoms with Crippen molar-refractivity contribution in [3.05, 3.63) is 18.2 Å². The van der Waals surface area contributed by atoms with Crippen molar-refractivity contribution >= 4 is 0 Å². The summed E-state index contributed by atoms with van der Waals surface area (Å²) in [7, 11) is 0. The number of H-pyrrole nitrogens is 1. The highest BCUT2D eigenvalue weighted by molar-refractivity contribution is 5.19. The Morgan fingerprint density at radius 2 is 2.60 bits per heavy atom. The summed E-state index contributed by atoms with van der Waals surface area (Å²) in [6.45, 7) is 1.53. The molecule has 0 aliphatic rings. The Bertz CT molecular complexity index is 243. The van der Waals surface area contributed by atoms with E-state index in [2.05, 4.69) is 15.9 Å². The lowest BCUT2D eigenvalue weighted by Gasteiger charge is -2.12. The van der Waals surface area contributed by atoms with E-state index in [1.165, 1.54) is 19.4 Å². The average molecular weight is 136 g/mol. The molecule has 0 aliphatic heterocycles. The number of hydrogen-bond acceptors (Lipinski definition) is 2. The lowest BCUT2D eigenvalue weighted by molar-refractivity contribution is 0.118. The van der Waals surface area contributed by atoms with Gasteiger partial charge in [-0.3, -0.25) is 0 Å². The van der Waals surface area contributed by atoms with Gasteiger partial charge in [0.05, 0.1) is 18.2 Å². The molecule has 0 spiro atoms. The molecule has 1 rings (SSSR count). The van der Waals surface area contributed by atoms with Crippen molar-refractivity contribution in [2.45, 2.75) is 12.5 Å². The van der Waals surface area contributed by atoms with Crippen molar-refractivity contribution < 1.29 is 5.11 Å². The Labute approximate surface area is 59.1 Å². The third-order valence-corrected chi connectivity index (χ3v) is 1.30. The first-order valence-electron chi connectivity index (χ1n) is 2.86. The van der Waals surface area contributed by atoms with Gasteiger partial charge in [-0.1, -0.05) is 5.92 Å². The highest BCUT2D eigenvalue weighted by atomic mass is 16.3. The highest BCUT2D eigenvalue weighted by Crippen LogP contribution is 2.14. The average Bonchev–Trinajstić information content (AvgIpc) is 2.38. The van der Waals surface area contributed by atoms with E-state index >= 15 is 0 Å². The smallest absolute Gasteiger partial charge is 0.163 e. The summed E-state index contributed by atoms with van der Waals surface area (Å²) in [5.74, 6) is 2.23. The summed E-state index contributed by atoms with van der Waals surface area (Å²) in [5.41, 5.74) is -0.689. The van der Waals surface area contributed by atoms with Crippen molar-refractivity contribution in [2.75, 3.05) is 0 Å². The van der Waals surface area contributed by atoms with Gasteiger partial charge in [0.1, 0.15) is 0 Å². The Morgan fingerprint density at radius 3 is 3.00 bits per heavy atom. The van der Waals surface area contributed by atoms with Crippen LogP contribution in [0.4, 0.5) is 0 Å². The molecule has 0 saturated heterocycles. The standard InChI is InChI=1S/C7H8N2O/c1-3-7(2,10)6-4-8-5-9-6/h1,4-5,10H,2H3,(H,8,9). The van der Waals surface area contributed by atoms with E-state index in [9.17, 15) is 5.11 Å². The van der Waals surface area contributed by atoms with E-state index in [0.29, 0.717) is 5.69 Å². The first-order chi connectivity index (χ1) is 4.67. The monoisotopic (exact) mass is 136 g/mol. The van der Waals surface area contributed by atoms with E-state index < -0.39 is 5.60 Å². The molecule has 0 fully saturated rings. The van der Waals surface area contributed by atoms with Gasteiger partial charge in [0.25, 0.3) is 0 Å². The van der Waals surface area contributed by atoms with E-state index in [1.807, 2.05) is 0 Å². The zero-order chi connectivity index (χ0) is 7.61. The van der Waals surface area contributed by atoms with Gasteiger partial charge >= 0.3 is 0 Å². The number of aromatic amines is 1. The van der Waals surface area contributed by atoms with Crippen molar-refractivity contribution in [1.29, 1.82) is 0 Å². The molecule has 52 valence electrons. The fourth-order valence-electron chi connectivity index (χ4n) is 0.600. The predicted octanol–water partition coefficient (Wildman–Crippen LogP) is 0.250. The number of imidazole rings is 1. The molecule has 0 amide bonds. The summed E-state index contributed by atoms with van der Waals surface area (Å²) >= 11 is 0. The SMILES string of the molecule is C#CC(C)(O)c1cnc[nH]1. The van der Waals surface area contributed by atoms with Crippen LogP contribution < -0.4 is 0 Å². The zero-order valence-corrected chi connectivity index (χ0v) is 5.63. The summed E-state index contributed by atoms with van der Waals surface area (Å²) in [5, 5.41) is 9.38. The summed E-state index contributed by atoms with van der Waals surface area (Å²) in [4.78, 5) is 6.45. The molecule has 1 unspecified atom stereocenters. The normalized spacial score (nSPS) is 15.7. The van der Waals surface area contributed by atoms with Gasteiger partial charge < -0.3 is 10.1 Å². The van der Waals surface area contributed by atoms with Gasteiger partial charge in [0.15, 0.2) is 5.60 Å². The summed E-state index contributed by atoms with van der Waals surface area (Å²) in [6, 6.07) is 0. The molecule has 0 radical (unpaired) electrons.